The second-order valence-electron chi connectivity index (χ2n) is 6.59. The van der Waals surface area contributed by atoms with Crippen LogP contribution in [0.3, 0.4) is 0 Å². The molecule has 0 spiro atoms. The minimum atomic E-state index is -3.72. The molecule has 0 saturated carbocycles. The highest BCUT2D eigenvalue weighted by Gasteiger charge is 2.38. The molecule has 150 valence electrons. The van der Waals surface area contributed by atoms with Gasteiger partial charge in [0.2, 0.25) is 10.0 Å². The first-order chi connectivity index (χ1) is 14.1. The zero-order valence-corrected chi connectivity index (χ0v) is 16.7. The zero-order chi connectivity index (χ0) is 20.3. The third-order valence-corrected chi connectivity index (χ3v) is 6.74. The normalized spacial score (nSPS) is 17.2. The molecule has 0 aliphatic carbocycles. The van der Waals surface area contributed by atoms with E-state index in [1.165, 1.54) is 11.4 Å². The average molecular weight is 411 g/mol. The molecule has 1 aromatic carbocycles. The smallest absolute Gasteiger partial charge is 0.247 e. The summed E-state index contributed by atoms with van der Waals surface area (Å²) in [5.41, 5.74) is 0.690. The summed E-state index contributed by atoms with van der Waals surface area (Å²) in [6.07, 6.45) is 6.25. The maximum Gasteiger partial charge on any atom is 0.247 e. The molecule has 1 N–H and O–H groups in total. The third-order valence-electron chi connectivity index (χ3n) is 4.79. The molecule has 1 aliphatic rings. The van der Waals surface area contributed by atoms with Crippen LogP contribution in [0.15, 0.2) is 66.0 Å². The van der Waals surface area contributed by atoms with Crippen molar-refractivity contribution >= 4 is 21.7 Å². The van der Waals surface area contributed by atoms with Crippen molar-refractivity contribution in [3.05, 3.63) is 66.7 Å². The molecule has 4 rings (SSSR count). The number of benzene rings is 1. The van der Waals surface area contributed by atoms with E-state index >= 15 is 0 Å². The van der Waals surface area contributed by atoms with Crippen LogP contribution in [0.5, 0.6) is 5.75 Å². The minimum Gasteiger partial charge on any atom is -0.495 e. The summed E-state index contributed by atoms with van der Waals surface area (Å²) in [6, 6.07) is 11.9. The van der Waals surface area contributed by atoms with E-state index in [4.69, 9.17) is 4.74 Å². The van der Waals surface area contributed by atoms with Crippen LogP contribution in [0.4, 0.5) is 11.6 Å². The predicted octanol–water partition coefficient (Wildman–Crippen LogP) is 3.15. The highest BCUT2D eigenvalue weighted by Crippen LogP contribution is 2.38. The molecule has 1 saturated heterocycles. The van der Waals surface area contributed by atoms with Gasteiger partial charge in [0, 0.05) is 18.9 Å². The SMILES string of the molecule is COc1ccccc1S(=O)(=O)N1CCC[C@@H]1c1cccc(Nc2cnccn2)n1. The van der Waals surface area contributed by atoms with Gasteiger partial charge in [0.1, 0.15) is 22.3 Å². The van der Waals surface area contributed by atoms with Crippen molar-refractivity contribution in [1.82, 2.24) is 19.3 Å². The number of pyridine rings is 1. The molecule has 1 atom stereocenters. The fraction of sp³-hybridized carbons (Fsp3) is 0.250. The Morgan fingerprint density at radius 2 is 1.97 bits per heavy atom. The second kappa shape index (κ2) is 8.14. The number of methoxy groups -OCH3 is 1. The molecule has 3 heterocycles. The first-order valence-corrected chi connectivity index (χ1v) is 10.7. The molecular formula is C20H21N5O3S. The van der Waals surface area contributed by atoms with E-state index in [9.17, 15) is 8.42 Å². The summed E-state index contributed by atoms with van der Waals surface area (Å²) in [4.78, 5) is 13.0. The van der Waals surface area contributed by atoms with E-state index in [0.717, 1.165) is 6.42 Å². The Balaban J connectivity index is 1.64. The Labute approximate surface area is 169 Å². The van der Waals surface area contributed by atoms with Gasteiger partial charge in [-0.2, -0.15) is 4.31 Å². The summed E-state index contributed by atoms with van der Waals surface area (Å²) in [5, 5.41) is 3.10. The maximum absolute atomic E-state index is 13.4. The summed E-state index contributed by atoms with van der Waals surface area (Å²) >= 11 is 0. The van der Waals surface area contributed by atoms with Crippen LogP contribution in [0.25, 0.3) is 0 Å². The largest absolute Gasteiger partial charge is 0.495 e. The lowest BCUT2D eigenvalue weighted by atomic mass is 10.1. The Bertz CT molecular complexity index is 1090. The van der Waals surface area contributed by atoms with Crippen molar-refractivity contribution in [3.8, 4) is 5.75 Å². The Hall–Kier alpha value is -3.04. The Morgan fingerprint density at radius 1 is 1.10 bits per heavy atom. The first kappa shape index (κ1) is 19.3. The predicted molar refractivity (Wildman–Crippen MR) is 108 cm³/mol. The van der Waals surface area contributed by atoms with E-state index in [0.29, 0.717) is 36.0 Å². The molecule has 0 unspecified atom stereocenters. The van der Waals surface area contributed by atoms with Crippen LogP contribution in [-0.4, -0.2) is 41.3 Å². The number of nitrogens with one attached hydrogen (secondary N) is 1. The Kier molecular flexibility index (Phi) is 5.41. The number of nitrogens with zero attached hydrogens (tertiary/aromatic N) is 4. The van der Waals surface area contributed by atoms with Crippen LogP contribution in [0.2, 0.25) is 0 Å². The van der Waals surface area contributed by atoms with Crippen molar-refractivity contribution in [2.75, 3.05) is 19.0 Å². The number of para-hydroxylation sites is 1. The van der Waals surface area contributed by atoms with Crippen LogP contribution < -0.4 is 10.1 Å². The lowest BCUT2D eigenvalue weighted by Gasteiger charge is -2.24. The van der Waals surface area contributed by atoms with Crippen molar-refractivity contribution in [3.63, 3.8) is 0 Å². The van der Waals surface area contributed by atoms with Gasteiger partial charge in [-0.15, -0.1) is 0 Å². The van der Waals surface area contributed by atoms with E-state index < -0.39 is 10.0 Å². The summed E-state index contributed by atoms with van der Waals surface area (Å²) in [7, 11) is -2.25. The molecule has 1 aliphatic heterocycles. The molecule has 8 nitrogen and oxygen atoms in total. The molecule has 3 aromatic rings. The summed E-state index contributed by atoms with van der Waals surface area (Å²) in [6.45, 7) is 0.439. The number of hydrogen-bond donors (Lipinski definition) is 1. The van der Waals surface area contributed by atoms with Crippen molar-refractivity contribution in [1.29, 1.82) is 0 Å². The Morgan fingerprint density at radius 3 is 2.76 bits per heavy atom. The lowest BCUT2D eigenvalue weighted by molar-refractivity contribution is 0.377. The van der Waals surface area contributed by atoms with E-state index in [2.05, 4.69) is 20.3 Å². The van der Waals surface area contributed by atoms with Crippen molar-refractivity contribution in [2.24, 2.45) is 0 Å². The standard InChI is InChI=1S/C20H21N5O3S/c1-28-17-8-2-3-9-18(17)29(26,27)25-13-5-7-16(25)15-6-4-10-19(23-15)24-20-14-21-11-12-22-20/h2-4,6,8-12,14,16H,5,7,13H2,1H3,(H,22,23,24)/t16-/m1/s1. The lowest BCUT2D eigenvalue weighted by Crippen LogP contribution is -2.31. The van der Waals surface area contributed by atoms with Crippen molar-refractivity contribution in [2.45, 2.75) is 23.8 Å². The van der Waals surface area contributed by atoms with Gasteiger partial charge >= 0.3 is 0 Å². The number of ether oxygens (including phenoxy) is 1. The fourth-order valence-electron chi connectivity index (χ4n) is 3.48. The van der Waals surface area contributed by atoms with Gasteiger partial charge in [0.25, 0.3) is 0 Å². The van der Waals surface area contributed by atoms with Gasteiger partial charge in [-0.25, -0.2) is 18.4 Å². The van der Waals surface area contributed by atoms with Gasteiger partial charge in [0.15, 0.2) is 0 Å². The zero-order valence-electron chi connectivity index (χ0n) is 15.9. The topological polar surface area (TPSA) is 97.3 Å². The van der Waals surface area contributed by atoms with Crippen LogP contribution >= 0.6 is 0 Å². The first-order valence-electron chi connectivity index (χ1n) is 9.24. The van der Waals surface area contributed by atoms with Gasteiger partial charge in [-0.3, -0.25) is 4.98 Å². The number of aromatic nitrogens is 3. The summed E-state index contributed by atoms with van der Waals surface area (Å²) < 4.78 is 33.5. The van der Waals surface area contributed by atoms with Crippen molar-refractivity contribution < 1.29 is 13.2 Å². The number of hydrogen-bond acceptors (Lipinski definition) is 7. The number of rotatable bonds is 6. The van der Waals surface area contributed by atoms with Crippen LogP contribution in [0, 0.1) is 0 Å². The fourth-order valence-corrected chi connectivity index (χ4v) is 5.31. The van der Waals surface area contributed by atoms with Crippen LogP contribution in [0.1, 0.15) is 24.6 Å². The highest BCUT2D eigenvalue weighted by atomic mass is 32.2. The highest BCUT2D eigenvalue weighted by molar-refractivity contribution is 7.89. The van der Waals surface area contributed by atoms with E-state index in [1.807, 2.05) is 18.2 Å². The molecule has 0 amide bonds. The monoisotopic (exact) mass is 411 g/mol. The van der Waals surface area contributed by atoms with Gasteiger partial charge in [-0.05, 0) is 37.1 Å². The van der Waals surface area contributed by atoms with Gasteiger partial charge < -0.3 is 10.1 Å². The minimum absolute atomic E-state index is 0.170. The molecule has 1 fully saturated rings. The molecule has 0 radical (unpaired) electrons. The maximum atomic E-state index is 13.4. The quantitative estimate of drug-likeness (QED) is 0.665. The molecular weight excluding hydrogens is 390 g/mol. The number of anilines is 2. The molecule has 29 heavy (non-hydrogen) atoms. The van der Waals surface area contributed by atoms with Crippen LogP contribution in [-0.2, 0) is 10.0 Å². The van der Waals surface area contributed by atoms with Gasteiger partial charge in [-0.1, -0.05) is 18.2 Å². The molecule has 0 bridgehead atoms. The molecule has 2 aromatic heterocycles. The second-order valence-corrected chi connectivity index (χ2v) is 8.45. The van der Waals surface area contributed by atoms with Gasteiger partial charge in [0.05, 0.1) is 25.0 Å². The summed E-state index contributed by atoms with van der Waals surface area (Å²) in [5.74, 6) is 1.50. The molecule has 9 heteroatoms. The average Bonchev–Trinajstić information content (AvgIpc) is 3.26. The third kappa shape index (κ3) is 3.92. The van der Waals surface area contributed by atoms with E-state index in [-0.39, 0.29) is 10.9 Å². The number of sulfonamides is 1. The van der Waals surface area contributed by atoms with E-state index in [1.54, 1.807) is 42.9 Å².